The van der Waals surface area contributed by atoms with Crippen LogP contribution in [0.1, 0.15) is 43.8 Å². The summed E-state index contributed by atoms with van der Waals surface area (Å²) >= 11 is 0. The van der Waals surface area contributed by atoms with Gasteiger partial charge in [0, 0.05) is 5.92 Å². The fraction of sp³-hybridized carbons (Fsp3) is 0.700. The lowest BCUT2D eigenvalue weighted by atomic mass is 10.3. The third kappa shape index (κ3) is 2.31. The molecule has 1 aromatic heterocycles. The predicted molar refractivity (Wildman–Crippen MR) is 50.5 cm³/mol. The van der Waals surface area contributed by atoms with Gasteiger partial charge < -0.3 is 9.73 Å². The molecule has 0 radical (unpaired) electrons. The first-order chi connectivity index (χ1) is 6.40. The molecule has 1 aliphatic rings. The Morgan fingerprint density at radius 1 is 1.62 bits per heavy atom. The fourth-order valence-corrected chi connectivity index (χ4v) is 1.33. The second-order valence-electron chi connectivity index (χ2n) is 3.61. The van der Waals surface area contributed by atoms with Crippen LogP contribution in [0, 0.1) is 0 Å². The van der Waals surface area contributed by atoms with Crippen LogP contribution in [0.3, 0.4) is 0 Å². The highest BCUT2D eigenvalue weighted by Crippen LogP contribution is 2.40. The van der Waals surface area contributed by atoms with E-state index >= 15 is 0 Å². The van der Waals surface area contributed by atoms with Crippen LogP contribution in [0.2, 0.25) is 0 Å². The van der Waals surface area contributed by atoms with Crippen molar-refractivity contribution in [2.75, 3.05) is 6.54 Å². The van der Waals surface area contributed by atoms with E-state index in [9.17, 15) is 0 Å². The number of hydrogen-bond acceptors (Lipinski definition) is 3. The van der Waals surface area contributed by atoms with Crippen LogP contribution in [0.15, 0.2) is 10.6 Å². The molecular weight excluding hydrogens is 164 g/mol. The average Bonchev–Trinajstić information content (AvgIpc) is 2.88. The van der Waals surface area contributed by atoms with Gasteiger partial charge in [0.1, 0.15) is 5.76 Å². The van der Waals surface area contributed by atoms with Crippen molar-refractivity contribution >= 4 is 0 Å². The Morgan fingerprint density at radius 3 is 3.15 bits per heavy atom. The fourth-order valence-electron chi connectivity index (χ4n) is 1.33. The summed E-state index contributed by atoms with van der Waals surface area (Å²) in [5.74, 6) is 2.58. The molecule has 1 aromatic rings. The van der Waals surface area contributed by atoms with E-state index in [0.29, 0.717) is 5.92 Å². The van der Waals surface area contributed by atoms with Gasteiger partial charge in [0.15, 0.2) is 0 Å². The maximum atomic E-state index is 5.58. The zero-order valence-corrected chi connectivity index (χ0v) is 8.05. The van der Waals surface area contributed by atoms with E-state index < -0.39 is 0 Å². The van der Waals surface area contributed by atoms with Crippen molar-refractivity contribution in [3.8, 4) is 0 Å². The number of hydrogen-bond donors (Lipinski definition) is 1. The molecular formula is C10H16N2O. The summed E-state index contributed by atoms with van der Waals surface area (Å²) in [6, 6.07) is 0. The molecule has 1 N–H and O–H groups in total. The topological polar surface area (TPSA) is 38.1 Å². The molecule has 0 aliphatic heterocycles. The van der Waals surface area contributed by atoms with Gasteiger partial charge in [-0.25, -0.2) is 4.98 Å². The van der Waals surface area contributed by atoms with E-state index in [4.69, 9.17) is 4.42 Å². The molecule has 1 saturated carbocycles. The molecule has 0 spiro atoms. The molecule has 3 heteroatoms. The number of rotatable bonds is 5. The molecule has 0 amide bonds. The minimum atomic E-state index is 0.674. The Labute approximate surface area is 78.5 Å². The van der Waals surface area contributed by atoms with Crippen LogP contribution in [-0.2, 0) is 6.54 Å². The van der Waals surface area contributed by atoms with Gasteiger partial charge in [-0.05, 0) is 25.8 Å². The van der Waals surface area contributed by atoms with Crippen molar-refractivity contribution in [1.82, 2.24) is 10.3 Å². The van der Waals surface area contributed by atoms with Crippen LogP contribution < -0.4 is 5.32 Å². The Kier molecular flexibility index (Phi) is 2.64. The average molecular weight is 180 g/mol. The molecule has 0 unspecified atom stereocenters. The van der Waals surface area contributed by atoms with E-state index in [1.807, 2.05) is 6.20 Å². The quantitative estimate of drug-likeness (QED) is 0.705. The van der Waals surface area contributed by atoms with Gasteiger partial charge in [-0.2, -0.15) is 0 Å². The molecule has 0 bridgehead atoms. The van der Waals surface area contributed by atoms with Crippen LogP contribution in [-0.4, -0.2) is 11.5 Å². The first-order valence-corrected chi connectivity index (χ1v) is 5.05. The highest BCUT2D eigenvalue weighted by atomic mass is 16.4. The van der Waals surface area contributed by atoms with E-state index in [2.05, 4.69) is 17.2 Å². The minimum Gasteiger partial charge on any atom is -0.444 e. The number of nitrogens with zero attached hydrogens (tertiary/aromatic N) is 1. The number of aromatic nitrogens is 1. The number of nitrogens with one attached hydrogen (secondary N) is 1. The van der Waals surface area contributed by atoms with Gasteiger partial charge in [0.05, 0.1) is 12.7 Å². The predicted octanol–water partition coefficient (Wildman–Crippen LogP) is 2.05. The standard InChI is InChI=1S/C10H16N2O/c1-2-5-11-7-10-12-6-9(13-10)8-3-4-8/h6,8,11H,2-5,7H2,1H3. The van der Waals surface area contributed by atoms with Crippen molar-refractivity contribution < 1.29 is 4.42 Å². The lowest BCUT2D eigenvalue weighted by Gasteiger charge is -1.97. The molecule has 72 valence electrons. The highest BCUT2D eigenvalue weighted by Gasteiger charge is 2.27. The molecule has 1 aliphatic carbocycles. The second kappa shape index (κ2) is 3.92. The SMILES string of the molecule is CCCNCc1ncc(C2CC2)o1. The summed E-state index contributed by atoms with van der Waals surface area (Å²) in [6.07, 6.45) is 5.57. The summed E-state index contributed by atoms with van der Waals surface area (Å²) in [5, 5.41) is 3.27. The minimum absolute atomic E-state index is 0.674. The molecule has 2 rings (SSSR count). The first kappa shape index (κ1) is 8.75. The highest BCUT2D eigenvalue weighted by molar-refractivity contribution is 5.08. The number of oxazole rings is 1. The van der Waals surface area contributed by atoms with E-state index in [1.165, 1.54) is 12.8 Å². The normalized spacial score (nSPS) is 16.4. The van der Waals surface area contributed by atoms with Crippen LogP contribution in [0.5, 0.6) is 0 Å². The van der Waals surface area contributed by atoms with Gasteiger partial charge >= 0.3 is 0 Å². The van der Waals surface area contributed by atoms with Crippen LogP contribution in [0.25, 0.3) is 0 Å². The van der Waals surface area contributed by atoms with Gasteiger partial charge in [-0.1, -0.05) is 6.92 Å². The lowest BCUT2D eigenvalue weighted by molar-refractivity contribution is 0.437. The van der Waals surface area contributed by atoms with Crippen LogP contribution in [0.4, 0.5) is 0 Å². The third-order valence-corrected chi connectivity index (χ3v) is 2.25. The molecule has 13 heavy (non-hydrogen) atoms. The van der Waals surface area contributed by atoms with Gasteiger partial charge in [-0.3, -0.25) is 0 Å². The molecule has 3 nitrogen and oxygen atoms in total. The largest absolute Gasteiger partial charge is 0.444 e. The van der Waals surface area contributed by atoms with Crippen LogP contribution >= 0.6 is 0 Å². The van der Waals surface area contributed by atoms with Crippen molar-refractivity contribution in [3.05, 3.63) is 17.8 Å². The molecule has 1 fully saturated rings. The van der Waals surface area contributed by atoms with Crippen molar-refractivity contribution in [3.63, 3.8) is 0 Å². The summed E-state index contributed by atoms with van der Waals surface area (Å²) in [4.78, 5) is 4.22. The Balaban J connectivity index is 1.82. The second-order valence-corrected chi connectivity index (χ2v) is 3.61. The summed E-state index contributed by atoms with van der Waals surface area (Å²) in [6.45, 7) is 3.94. The maximum Gasteiger partial charge on any atom is 0.208 e. The smallest absolute Gasteiger partial charge is 0.208 e. The van der Waals surface area contributed by atoms with E-state index in [0.717, 1.165) is 31.2 Å². The molecule has 1 heterocycles. The molecule has 0 saturated heterocycles. The van der Waals surface area contributed by atoms with E-state index in [-0.39, 0.29) is 0 Å². The summed E-state index contributed by atoms with van der Waals surface area (Å²) < 4.78 is 5.58. The van der Waals surface area contributed by atoms with Crippen molar-refractivity contribution in [2.45, 2.75) is 38.6 Å². The Bertz CT molecular complexity index is 266. The zero-order chi connectivity index (χ0) is 9.10. The van der Waals surface area contributed by atoms with Crippen molar-refractivity contribution in [2.24, 2.45) is 0 Å². The molecule has 0 atom stereocenters. The van der Waals surface area contributed by atoms with Crippen molar-refractivity contribution in [1.29, 1.82) is 0 Å². The Hall–Kier alpha value is -0.830. The first-order valence-electron chi connectivity index (χ1n) is 5.05. The molecule has 0 aromatic carbocycles. The van der Waals surface area contributed by atoms with Gasteiger partial charge in [0.2, 0.25) is 5.89 Å². The lowest BCUT2D eigenvalue weighted by Crippen LogP contribution is -2.13. The third-order valence-electron chi connectivity index (χ3n) is 2.25. The maximum absolute atomic E-state index is 5.58. The van der Waals surface area contributed by atoms with Gasteiger partial charge in [0.25, 0.3) is 0 Å². The zero-order valence-electron chi connectivity index (χ0n) is 8.05. The summed E-state index contributed by atoms with van der Waals surface area (Å²) in [7, 11) is 0. The monoisotopic (exact) mass is 180 g/mol. The summed E-state index contributed by atoms with van der Waals surface area (Å²) in [5.41, 5.74) is 0. The Morgan fingerprint density at radius 2 is 2.46 bits per heavy atom. The van der Waals surface area contributed by atoms with Gasteiger partial charge in [-0.15, -0.1) is 0 Å². The van der Waals surface area contributed by atoms with E-state index in [1.54, 1.807) is 0 Å².